The van der Waals surface area contributed by atoms with E-state index in [-0.39, 0.29) is 11.8 Å². The number of carbonyl (C=O) groups excluding carboxylic acids is 1. The molecule has 0 unspecified atom stereocenters. The molecule has 1 heterocycles. The summed E-state index contributed by atoms with van der Waals surface area (Å²) in [7, 11) is 0. The normalized spacial score (nSPS) is 10.7. The molecule has 1 aromatic rings. The lowest BCUT2D eigenvalue weighted by Gasteiger charge is -2.02. The summed E-state index contributed by atoms with van der Waals surface area (Å²) < 4.78 is 0.833. The standard InChI is InChI=1S/C8H14N4OS2/c1-5(2)6(13)10-7-11-12-8(15-7)14-4-3-9/h5H,3-4,9H2,1-2H3,(H,10,11,13). The number of aromatic nitrogens is 2. The van der Waals surface area contributed by atoms with Crippen LogP contribution in [0, 0.1) is 5.92 Å². The average molecular weight is 246 g/mol. The van der Waals surface area contributed by atoms with Crippen molar-refractivity contribution in [2.45, 2.75) is 18.2 Å². The van der Waals surface area contributed by atoms with Gasteiger partial charge in [0.2, 0.25) is 11.0 Å². The molecular formula is C8H14N4OS2. The first kappa shape index (κ1) is 12.4. The molecule has 0 fully saturated rings. The van der Waals surface area contributed by atoms with Gasteiger partial charge in [-0.3, -0.25) is 4.79 Å². The maximum Gasteiger partial charge on any atom is 0.228 e. The van der Waals surface area contributed by atoms with Gasteiger partial charge in [0.15, 0.2) is 4.34 Å². The van der Waals surface area contributed by atoms with Gasteiger partial charge in [0, 0.05) is 18.2 Å². The zero-order chi connectivity index (χ0) is 11.3. The minimum absolute atomic E-state index is 0.0403. The number of hydrogen-bond acceptors (Lipinski definition) is 6. The molecule has 3 N–H and O–H groups in total. The van der Waals surface area contributed by atoms with Crippen molar-refractivity contribution in [1.82, 2.24) is 10.2 Å². The molecule has 7 heteroatoms. The van der Waals surface area contributed by atoms with Crippen LogP contribution in [0.4, 0.5) is 5.13 Å². The lowest BCUT2D eigenvalue weighted by Crippen LogP contribution is -2.17. The summed E-state index contributed by atoms with van der Waals surface area (Å²) in [5, 5.41) is 11.0. The van der Waals surface area contributed by atoms with E-state index in [9.17, 15) is 4.79 Å². The van der Waals surface area contributed by atoms with Crippen molar-refractivity contribution in [3.8, 4) is 0 Å². The van der Waals surface area contributed by atoms with E-state index in [1.165, 1.54) is 11.3 Å². The van der Waals surface area contributed by atoms with E-state index in [2.05, 4.69) is 15.5 Å². The fourth-order valence-electron chi connectivity index (χ4n) is 0.715. The van der Waals surface area contributed by atoms with Gasteiger partial charge >= 0.3 is 0 Å². The van der Waals surface area contributed by atoms with Gasteiger partial charge in [-0.25, -0.2) is 0 Å². The van der Waals surface area contributed by atoms with Crippen molar-refractivity contribution >= 4 is 34.1 Å². The van der Waals surface area contributed by atoms with Crippen molar-refractivity contribution in [1.29, 1.82) is 0 Å². The summed E-state index contributed by atoms with van der Waals surface area (Å²) in [6.07, 6.45) is 0. The van der Waals surface area contributed by atoms with Crippen LogP contribution in [0.1, 0.15) is 13.8 Å². The number of rotatable bonds is 5. The second kappa shape index (κ2) is 6.04. The van der Waals surface area contributed by atoms with Gasteiger partial charge in [-0.15, -0.1) is 10.2 Å². The summed E-state index contributed by atoms with van der Waals surface area (Å²) in [5.74, 6) is 0.725. The molecule has 0 saturated heterocycles. The Kier molecular flexibility index (Phi) is 5.00. The Hall–Kier alpha value is -0.660. The highest BCUT2D eigenvalue weighted by atomic mass is 32.2. The fourth-order valence-corrected chi connectivity index (χ4v) is 2.31. The molecule has 0 atom stereocenters. The predicted molar refractivity (Wildman–Crippen MR) is 63.2 cm³/mol. The van der Waals surface area contributed by atoms with Crippen LogP contribution >= 0.6 is 23.1 Å². The van der Waals surface area contributed by atoms with Crippen LogP contribution in [0.2, 0.25) is 0 Å². The highest BCUT2D eigenvalue weighted by molar-refractivity contribution is 8.01. The number of carbonyl (C=O) groups is 1. The summed E-state index contributed by atoms with van der Waals surface area (Å²) in [5.41, 5.74) is 5.37. The van der Waals surface area contributed by atoms with Gasteiger partial charge in [-0.2, -0.15) is 0 Å². The Labute approximate surface area is 96.8 Å². The van der Waals surface area contributed by atoms with Crippen LogP contribution in [0.15, 0.2) is 4.34 Å². The van der Waals surface area contributed by atoms with E-state index in [4.69, 9.17) is 5.73 Å². The number of nitrogens with one attached hydrogen (secondary N) is 1. The van der Waals surface area contributed by atoms with Gasteiger partial charge in [0.25, 0.3) is 0 Å². The van der Waals surface area contributed by atoms with Crippen molar-refractivity contribution < 1.29 is 4.79 Å². The SMILES string of the molecule is CC(C)C(=O)Nc1nnc(SCCN)s1. The first-order chi connectivity index (χ1) is 7.13. The lowest BCUT2D eigenvalue weighted by molar-refractivity contribution is -0.118. The molecule has 84 valence electrons. The van der Waals surface area contributed by atoms with Gasteiger partial charge < -0.3 is 11.1 Å². The zero-order valence-electron chi connectivity index (χ0n) is 8.69. The van der Waals surface area contributed by atoms with E-state index >= 15 is 0 Å². The molecule has 0 saturated carbocycles. The maximum atomic E-state index is 11.3. The van der Waals surface area contributed by atoms with Crippen LogP contribution in [-0.4, -0.2) is 28.4 Å². The molecule has 0 aliphatic rings. The third kappa shape index (κ3) is 4.15. The van der Waals surface area contributed by atoms with Crippen LogP contribution in [0.3, 0.4) is 0 Å². The molecule has 1 rings (SSSR count). The van der Waals surface area contributed by atoms with E-state index in [0.717, 1.165) is 10.1 Å². The molecule has 15 heavy (non-hydrogen) atoms. The first-order valence-electron chi connectivity index (χ1n) is 4.60. The molecule has 0 radical (unpaired) electrons. The van der Waals surface area contributed by atoms with Gasteiger partial charge in [-0.1, -0.05) is 36.9 Å². The van der Waals surface area contributed by atoms with Gasteiger partial charge in [0.1, 0.15) is 0 Å². The molecule has 0 aromatic carbocycles. The molecule has 0 bridgehead atoms. The van der Waals surface area contributed by atoms with Crippen molar-refractivity contribution in [3.05, 3.63) is 0 Å². The lowest BCUT2D eigenvalue weighted by atomic mass is 10.2. The quantitative estimate of drug-likeness (QED) is 0.602. The van der Waals surface area contributed by atoms with Crippen LogP contribution in [-0.2, 0) is 4.79 Å². The van der Waals surface area contributed by atoms with Crippen LogP contribution < -0.4 is 11.1 Å². The molecule has 0 aliphatic heterocycles. The number of thioether (sulfide) groups is 1. The Morgan fingerprint density at radius 1 is 1.60 bits per heavy atom. The average Bonchev–Trinajstić information content (AvgIpc) is 2.62. The number of nitrogens with two attached hydrogens (primary N) is 1. The third-order valence-electron chi connectivity index (χ3n) is 1.50. The third-order valence-corrected chi connectivity index (χ3v) is 3.51. The Balaban J connectivity index is 2.49. The van der Waals surface area contributed by atoms with E-state index in [1.807, 2.05) is 13.8 Å². The Bertz CT molecular complexity index is 326. The topological polar surface area (TPSA) is 80.9 Å². The molecular weight excluding hydrogens is 232 g/mol. The van der Waals surface area contributed by atoms with Gasteiger partial charge in [-0.05, 0) is 0 Å². The molecule has 1 aromatic heterocycles. The van der Waals surface area contributed by atoms with Crippen LogP contribution in [0.5, 0.6) is 0 Å². The van der Waals surface area contributed by atoms with Crippen molar-refractivity contribution in [2.75, 3.05) is 17.6 Å². The summed E-state index contributed by atoms with van der Waals surface area (Å²) in [6, 6.07) is 0. The molecule has 0 aliphatic carbocycles. The van der Waals surface area contributed by atoms with Gasteiger partial charge in [0.05, 0.1) is 0 Å². The molecule has 5 nitrogen and oxygen atoms in total. The predicted octanol–water partition coefficient (Wildman–Crippen LogP) is 1.18. The summed E-state index contributed by atoms with van der Waals surface area (Å²) in [4.78, 5) is 11.3. The van der Waals surface area contributed by atoms with Crippen molar-refractivity contribution in [2.24, 2.45) is 11.7 Å². The Morgan fingerprint density at radius 3 is 2.93 bits per heavy atom. The number of anilines is 1. The molecule has 1 amide bonds. The number of nitrogens with zero attached hydrogens (tertiary/aromatic N) is 2. The number of hydrogen-bond donors (Lipinski definition) is 2. The Morgan fingerprint density at radius 2 is 2.33 bits per heavy atom. The van der Waals surface area contributed by atoms with E-state index in [0.29, 0.717) is 11.7 Å². The first-order valence-corrected chi connectivity index (χ1v) is 6.41. The van der Waals surface area contributed by atoms with E-state index < -0.39 is 0 Å². The largest absolute Gasteiger partial charge is 0.330 e. The summed E-state index contributed by atoms with van der Waals surface area (Å²) >= 11 is 2.92. The minimum Gasteiger partial charge on any atom is -0.330 e. The second-order valence-electron chi connectivity index (χ2n) is 3.15. The second-order valence-corrected chi connectivity index (χ2v) is 5.47. The molecule has 0 spiro atoms. The monoisotopic (exact) mass is 246 g/mol. The summed E-state index contributed by atoms with van der Waals surface area (Å²) in [6.45, 7) is 4.28. The smallest absolute Gasteiger partial charge is 0.228 e. The highest BCUT2D eigenvalue weighted by Gasteiger charge is 2.10. The van der Waals surface area contributed by atoms with Crippen molar-refractivity contribution in [3.63, 3.8) is 0 Å². The van der Waals surface area contributed by atoms with E-state index in [1.54, 1.807) is 11.8 Å². The highest BCUT2D eigenvalue weighted by Crippen LogP contribution is 2.25. The zero-order valence-corrected chi connectivity index (χ0v) is 10.3. The number of amides is 1. The minimum atomic E-state index is -0.0472. The van der Waals surface area contributed by atoms with Crippen LogP contribution in [0.25, 0.3) is 0 Å². The maximum absolute atomic E-state index is 11.3. The fraction of sp³-hybridized carbons (Fsp3) is 0.625.